The van der Waals surface area contributed by atoms with Crippen molar-refractivity contribution in [2.45, 2.75) is 26.8 Å². The molecule has 1 aromatic rings. The molecule has 1 rings (SSSR count). The molecule has 1 amide bonds. The van der Waals surface area contributed by atoms with Crippen molar-refractivity contribution in [3.63, 3.8) is 0 Å². The Bertz CT molecular complexity index is 352. The number of carbonyl (C=O) groups excluding carboxylic acids is 1. The highest BCUT2D eigenvalue weighted by molar-refractivity contribution is 9.10. The Morgan fingerprint density at radius 2 is 2.20 bits per heavy atom. The van der Waals surface area contributed by atoms with Crippen LogP contribution in [0.1, 0.15) is 31.3 Å². The molecular formula is C11H15BrN2O. The third-order valence-corrected chi connectivity index (χ3v) is 2.60. The fourth-order valence-corrected chi connectivity index (χ4v) is 1.76. The van der Waals surface area contributed by atoms with Crippen LogP contribution in [-0.4, -0.2) is 28.4 Å². The van der Waals surface area contributed by atoms with Crippen LogP contribution in [0.15, 0.2) is 22.8 Å². The van der Waals surface area contributed by atoms with Crippen LogP contribution >= 0.6 is 15.9 Å². The molecule has 1 aromatic heterocycles. The zero-order chi connectivity index (χ0) is 11.4. The van der Waals surface area contributed by atoms with Gasteiger partial charge in [-0.2, -0.15) is 0 Å². The molecule has 0 fully saturated rings. The summed E-state index contributed by atoms with van der Waals surface area (Å²) >= 11 is 3.26. The maximum absolute atomic E-state index is 12.0. The Balaban J connectivity index is 2.93. The predicted molar refractivity (Wildman–Crippen MR) is 63.8 cm³/mol. The van der Waals surface area contributed by atoms with Gasteiger partial charge in [0.05, 0.1) is 0 Å². The summed E-state index contributed by atoms with van der Waals surface area (Å²) in [6.07, 6.45) is 0. The van der Waals surface area contributed by atoms with Crippen LogP contribution in [0, 0.1) is 0 Å². The highest BCUT2D eigenvalue weighted by Gasteiger charge is 2.17. The summed E-state index contributed by atoms with van der Waals surface area (Å²) in [5.41, 5.74) is 0.486. The van der Waals surface area contributed by atoms with Crippen LogP contribution < -0.4 is 0 Å². The summed E-state index contributed by atoms with van der Waals surface area (Å²) in [7, 11) is 0. The number of amides is 1. The van der Waals surface area contributed by atoms with E-state index in [2.05, 4.69) is 20.9 Å². The molecule has 0 N–H and O–H groups in total. The summed E-state index contributed by atoms with van der Waals surface area (Å²) in [6.45, 7) is 6.67. The molecule has 4 heteroatoms. The van der Waals surface area contributed by atoms with Gasteiger partial charge in [0.2, 0.25) is 0 Å². The van der Waals surface area contributed by atoms with Gasteiger partial charge in [-0.15, -0.1) is 0 Å². The highest BCUT2D eigenvalue weighted by Crippen LogP contribution is 2.10. The molecule has 0 aliphatic carbocycles. The molecule has 0 aliphatic rings. The Kier molecular flexibility index (Phi) is 4.27. The molecule has 0 aromatic carbocycles. The van der Waals surface area contributed by atoms with Gasteiger partial charge in [0, 0.05) is 12.6 Å². The van der Waals surface area contributed by atoms with Crippen molar-refractivity contribution < 1.29 is 4.79 Å². The Morgan fingerprint density at radius 3 is 2.67 bits per heavy atom. The Morgan fingerprint density at radius 1 is 1.53 bits per heavy atom. The van der Waals surface area contributed by atoms with Crippen LogP contribution in [-0.2, 0) is 0 Å². The average Bonchev–Trinajstić information content (AvgIpc) is 2.18. The first-order chi connectivity index (χ1) is 7.06. The minimum atomic E-state index is -0.0196. The Labute approximate surface area is 98.6 Å². The van der Waals surface area contributed by atoms with Crippen molar-refractivity contribution in [1.29, 1.82) is 0 Å². The molecule has 0 saturated carbocycles. The lowest BCUT2D eigenvalue weighted by Gasteiger charge is -2.24. The molecule has 0 unspecified atom stereocenters. The fourth-order valence-electron chi connectivity index (χ4n) is 1.42. The van der Waals surface area contributed by atoms with Crippen molar-refractivity contribution in [2.75, 3.05) is 6.54 Å². The normalized spacial score (nSPS) is 10.5. The largest absolute Gasteiger partial charge is 0.335 e. The van der Waals surface area contributed by atoms with Crippen LogP contribution in [0.3, 0.4) is 0 Å². The van der Waals surface area contributed by atoms with E-state index in [4.69, 9.17) is 0 Å². The van der Waals surface area contributed by atoms with E-state index in [1.54, 1.807) is 11.0 Å². The van der Waals surface area contributed by atoms with E-state index in [1.807, 2.05) is 32.9 Å². The van der Waals surface area contributed by atoms with Gasteiger partial charge in [0.1, 0.15) is 10.3 Å². The summed E-state index contributed by atoms with van der Waals surface area (Å²) in [4.78, 5) is 17.9. The van der Waals surface area contributed by atoms with E-state index >= 15 is 0 Å². The van der Waals surface area contributed by atoms with E-state index in [9.17, 15) is 4.79 Å². The van der Waals surface area contributed by atoms with Gasteiger partial charge in [-0.1, -0.05) is 6.07 Å². The molecule has 0 atom stereocenters. The lowest BCUT2D eigenvalue weighted by molar-refractivity contribution is 0.0710. The summed E-state index contributed by atoms with van der Waals surface area (Å²) in [6, 6.07) is 5.56. The minimum Gasteiger partial charge on any atom is -0.335 e. The van der Waals surface area contributed by atoms with E-state index < -0.39 is 0 Å². The van der Waals surface area contributed by atoms with E-state index in [1.165, 1.54) is 0 Å². The molecule has 0 bridgehead atoms. The van der Waals surface area contributed by atoms with Crippen LogP contribution in [0.2, 0.25) is 0 Å². The van der Waals surface area contributed by atoms with Crippen molar-refractivity contribution in [2.24, 2.45) is 0 Å². The van der Waals surface area contributed by atoms with E-state index in [0.29, 0.717) is 16.8 Å². The van der Waals surface area contributed by atoms with Crippen LogP contribution in [0.25, 0.3) is 0 Å². The number of hydrogen-bond donors (Lipinski definition) is 0. The first-order valence-electron chi connectivity index (χ1n) is 4.99. The number of halogens is 1. The summed E-state index contributed by atoms with van der Waals surface area (Å²) in [5.74, 6) is -0.0196. The first-order valence-corrected chi connectivity index (χ1v) is 5.79. The fraction of sp³-hybridized carbons (Fsp3) is 0.455. The molecule has 0 radical (unpaired) electrons. The van der Waals surface area contributed by atoms with Gasteiger partial charge in [-0.25, -0.2) is 4.98 Å². The molecule has 15 heavy (non-hydrogen) atoms. The zero-order valence-corrected chi connectivity index (χ0v) is 10.8. The van der Waals surface area contributed by atoms with Gasteiger partial charge in [-0.3, -0.25) is 4.79 Å². The van der Waals surface area contributed by atoms with Gasteiger partial charge < -0.3 is 4.90 Å². The van der Waals surface area contributed by atoms with Crippen molar-refractivity contribution in [1.82, 2.24) is 9.88 Å². The predicted octanol–water partition coefficient (Wildman–Crippen LogP) is 2.71. The first kappa shape index (κ1) is 12.2. The lowest BCUT2D eigenvalue weighted by Crippen LogP contribution is -2.37. The molecule has 82 valence electrons. The number of hydrogen-bond acceptors (Lipinski definition) is 2. The summed E-state index contributed by atoms with van der Waals surface area (Å²) < 4.78 is 0.688. The van der Waals surface area contributed by atoms with Gasteiger partial charge in [0.15, 0.2) is 0 Å². The van der Waals surface area contributed by atoms with Crippen molar-refractivity contribution in [3.05, 3.63) is 28.5 Å². The molecular weight excluding hydrogens is 256 g/mol. The number of nitrogens with zero attached hydrogens (tertiary/aromatic N) is 2. The van der Waals surface area contributed by atoms with Crippen LogP contribution in [0.4, 0.5) is 0 Å². The molecule has 1 heterocycles. The van der Waals surface area contributed by atoms with Crippen LogP contribution in [0.5, 0.6) is 0 Å². The van der Waals surface area contributed by atoms with E-state index in [-0.39, 0.29) is 11.9 Å². The molecule has 0 saturated heterocycles. The SMILES string of the molecule is CCN(C(=O)c1cccc(Br)n1)C(C)C. The second kappa shape index (κ2) is 5.26. The van der Waals surface area contributed by atoms with Gasteiger partial charge in [0.25, 0.3) is 5.91 Å². The van der Waals surface area contributed by atoms with Gasteiger partial charge in [-0.05, 0) is 48.8 Å². The smallest absolute Gasteiger partial charge is 0.272 e. The minimum absolute atomic E-state index is 0.0196. The zero-order valence-electron chi connectivity index (χ0n) is 9.20. The maximum atomic E-state index is 12.0. The molecule has 3 nitrogen and oxygen atoms in total. The van der Waals surface area contributed by atoms with E-state index in [0.717, 1.165) is 0 Å². The monoisotopic (exact) mass is 270 g/mol. The second-order valence-electron chi connectivity index (χ2n) is 3.53. The molecule has 0 aliphatic heterocycles. The third kappa shape index (κ3) is 3.02. The quantitative estimate of drug-likeness (QED) is 0.792. The average molecular weight is 271 g/mol. The number of rotatable bonds is 3. The van der Waals surface area contributed by atoms with Crippen molar-refractivity contribution >= 4 is 21.8 Å². The topological polar surface area (TPSA) is 33.2 Å². The third-order valence-electron chi connectivity index (χ3n) is 2.16. The standard InChI is InChI=1S/C11H15BrN2O/c1-4-14(8(2)3)11(15)9-6-5-7-10(12)13-9/h5-8H,4H2,1-3H3. The number of pyridine rings is 1. The second-order valence-corrected chi connectivity index (χ2v) is 4.34. The summed E-state index contributed by atoms with van der Waals surface area (Å²) in [5, 5.41) is 0. The molecule has 0 spiro atoms. The van der Waals surface area contributed by atoms with Gasteiger partial charge >= 0.3 is 0 Å². The Hall–Kier alpha value is -0.900. The lowest BCUT2D eigenvalue weighted by atomic mass is 10.2. The highest BCUT2D eigenvalue weighted by atomic mass is 79.9. The maximum Gasteiger partial charge on any atom is 0.272 e. The number of aromatic nitrogens is 1. The van der Waals surface area contributed by atoms with Crippen molar-refractivity contribution in [3.8, 4) is 0 Å². The number of carbonyl (C=O) groups is 1.